The number of carbonyl (C=O) groups is 2. The van der Waals surface area contributed by atoms with E-state index in [0.29, 0.717) is 22.7 Å². The molecule has 2 rings (SSSR count). The topological polar surface area (TPSA) is 73.9 Å². The summed E-state index contributed by atoms with van der Waals surface area (Å²) < 4.78 is 15.7. The molecule has 1 atom stereocenters. The van der Waals surface area contributed by atoms with Gasteiger partial charge in [-0.05, 0) is 36.9 Å². The van der Waals surface area contributed by atoms with E-state index in [1.165, 1.54) is 21.1 Å². The van der Waals surface area contributed by atoms with Gasteiger partial charge in [-0.2, -0.15) is 0 Å². The molecule has 0 fully saturated rings. The molecule has 1 N–H and O–H groups in total. The van der Waals surface area contributed by atoms with Gasteiger partial charge in [-0.3, -0.25) is 4.79 Å². The Bertz CT molecular complexity index is 809. The summed E-state index contributed by atoms with van der Waals surface area (Å²) in [5, 5.41) is 2.71. The van der Waals surface area contributed by atoms with E-state index in [0.717, 1.165) is 10.6 Å². The maximum absolute atomic E-state index is 12.4. The lowest BCUT2D eigenvalue weighted by molar-refractivity contribution is -0.123. The van der Waals surface area contributed by atoms with E-state index in [-0.39, 0.29) is 0 Å². The zero-order valence-electron chi connectivity index (χ0n) is 15.8. The number of carbonyl (C=O) groups excluding carboxylic acids is 2. The van der Waals surface area contributed by atoms with Crippen LogP contribution in [-0.2, 0) is 9.53 Å². The lowest BCUT2D eigenvalue weighted by Gasteiger charge is -2.15. The van der Waals surface area contributed by atoms with Crippen LogP contribution in [0.2, 0.25) is 0 Å². The molecule has 0 aromatic heterocycles. The largest absolute Gasteiger partial charge is 0.493 e. The first kappa shape index (κ1) is 20.6. The SMILES string of the molecule is CCSc1ccccc1C(=O)O[C@@H](C)C(=O)Nc1ccc(OC)c(OC)c1. The Labute approximate surface area is 163 Å². The summed E-state index contributed by atoms with van der Waals surface area (Å²) in [6.07, 6.45) is -0.953. The number of hydrogen-bond donors (Lipinski definition) is 1. The molecule has 0 spiro atoms. The summed E-state index contributed by atoms with van der Waals surface area (Å²) in [5.41, 5.74) is 0.970. The summed E-state index contributed by atoms with van der Waals surface area (Å²) in [6.45, 7) is 3.54. The quantitative estimate of drug-likeness (QED) is 0.543. The number of hydrogen-bond acceptors (Lipinski definition) is 6. The molecule has 0 radical (unpaired) electrons. The molecular formula is C20H23NO5S. The van der Waals surface area contributed by atoms with Crippen molar-refractivity contribution < 1.29 is 23.8 Å². The van der Waals surface area contributed by atoms with E-state index < -0.39 is 18.0 Å². The summed E-state index contributed by atoms with van der Waals surface area (Å²) in [4.78, 5) is 25.6. The number of anilines is 1. The molecule has 0 saturated carbocycles. The number of thioether (sulfide) groups is 1. The standard InChI is InChI=1S/C20H23NO5S/c1-5-27-18-9-7-6-8-15(18)20(23)26-13(2)19(22)21-14-10-11-16(24-3)17(12-14)25-4/h6-13H,5H2,1-4H3,(H,21,22)/t13-/m0/s1. The Kier molecular flexibility index (Phi) is 7.55. The molecule has 7 heteroatoms. The van der Waals surface area contributed by atoms with Crippen molar-refractivity contribution in [1.29, 1.82) is 0 Å². The Morgan fingerprint density at radius 2 is 1.78 bits per heavy atom. The van der Waals surface area contributed by atoms with Gasteiger partial charge in [-0.1, -0.05) is 19.1 Å². The van der Waals surface area contributed by atoms with Crippen LogP contribution in [-0.4, -0.2) is 38.0 Å². The molecule has 0 heterocycles. The first-order valence-corrected chi connectivity index (χ1v) is 9.44. The zero-order valence-corrected chi connectivity index (χ0v) is 16.6. The molecular weight excluding hydrogens is 366 g/mol. The first-order chi connectivity index (χ1) is 13.0. The number of esters is 1. The lowest BCUT2D eigenvalue weighted by atomic mass is 10.2. The highest BCUT2D eigenvalue weighted by atomic mass is 32.2. The van der Waals surface area contributed by atoms with Crippen LogP contribution in [0.4, 0.5) is 5.69 Å². The van der Waals surface area contributed by atoms with Crippen LogP contribution in [0.25, 0.3) is 0 Å². The zero-order chi connectivity index (χ0) is 19.8. The monoisotopic (exact) mass is 389 g/mol. The van der Waals surface area contributed by atoms with E-state index in [1.807, 2.05) is 19.1 Å². The Hall–Kier alpha value is -2.67. The number of amides is 1. The minimum atomic E-state index is -0.953. The van der Waals surface area contributed by atoms with Gasteiger partial charge in [0.25, 0.3) is 5.91 Å². The van der Waals surface area contributed by atoms with Crippen molar-refractivity contribution in [3.05, 3.63) is 48.0 Å². The van der Waals surface area contributed by atoms with Crippen LogP contribution in [0.15, 0.2) is 47.4 Å². The Balaban J connectivity index is 2.04. The molecule has 6 nitrogen and oxygen atoms in total. The van der Waals surface area contributed by atoms with Gasteiger partial charge in [-0.15, -0.1) is 11.8 Å². The first-order valence-electron chi connectivity index (χ1n) is 8.45. The molecule has 0 unspecified atom stereocenters. The van der Waals surface area contributed by atoms with Gasteiger partial charge >= 0.3 is 5.97 Å². The minimum absolute atomic E-state index is 0.434. The summed E-state index contributed by atoms with van der Waals surface area (Å²) >= 11 is 1.55. The minimum Gasteiger partial charge on any atom is -0.493 e. The predicted octanol–water partition coefficient (Wildman–Crippen LogP) is 4.00. The normalized spacial score (nSPS) is 11.4. The summed E-state index contributed by atoms with van der Waals surface area (Å²) in [6, 6.07) is 12.2. The second-order valence-electron chi connectivity index (χ2n) is 5.54. The maximum atomic E-state index is 12.4. The highest BCUT2D eigenvalue weighted by Gasteiger charge is 2.21. The van der Waals surface area contributed by atoms with E-state index in [4.69, 9.17) is 14.2 Å². The molecule has 2 aromatic carbocycles. The third kappa shape index (κ3) is 5.40. The van der Waals surface area contributed by atoms with Crippen molar-refractivity contribution in [1.82, 2.24) is 0 Å². The van der Waals surface area contributed by atoms with Gasteiger partial charge in [-0.25, -0.2) is 4.79 Å². The average Bonchev–Trinajstić information content (AvgIpc) is 2.68. The predicted molar refractivity (Wildman–Crippen MR) is 106 cm³/mol. The lowest BCUT2D eigenvalue weighted by Crippen LogP contribution is -2.30. The van der Waals surface area contributed by atoms with Gasteiger partial charge in [0.15, 0.2) is 17.6 Å². The Morgan fingerprint density at radius 1 is 1.07 bits per heavy atom. The molecule has 0 aliphatic heterocycles. The van der Waals surface area contributed by atoms with Crippen molar-refractivity contribution in [2.24, 2.45) is 0 Å². The molecule has 1 amide bonds. The third-order valence-electron chi connectivity index (χ3n) is 3.71. The van der Waals surface area contributed by atoms with Crippen LogP contribution in [0.3, 0.4) is 0 Å². The number of benzene rings is 2. The Morgan fingerprint density at radius 3 is 2.44 bits per heavy atom. The van der Waals surface area contributed by atoms with Crippen LogP contribution in [0.1, 0.15) is 24.2 Å². The van der Waals surface area contributed by atoms with E-state index in [9.17, 15) is 9.59 Å². The van der Waals surface area contributed by atoms with E-state index >= 15 is 0 Å². The van der Waals surface area contributed by atoms with E-state index in [2.05, 4.69) is 5.32 Å². The second-order valence-corrected chi connectivity index (χ2v) is 6.84. The molecule has 144 valence electrons. The highest BCUT2D eigenvalue weighted by molar-refractivity contribution is 7.99. The van der Waals surface area contributed by atoms with Crippen LogP contribution in [0, 0.1) is 0 Å². The second kappa shape index (κ2) is 9.87. The summed E-state index contributed by atoms with van der Waals surface area (Å²) in [5.74, 6) is 0.919. The van der Waals surface area contributed by atoms with Crippen LogP contribution in [0.5, 0.6) is 11.5 Å². The van der Waals surface area contributed by atoms with Crippen molar-refractivity contribution >= 4 is 29.3 Å². The van der Waals surface area contributed by atoms with Crippen molar-refractivity contribution in [3.8, 4) is 11.5 Å². The third-order valence-corrected chi connectivity index (χ3v) is 4.67. The number of rotatable bonds is 8. The fourth-order valence-electron chi connectivity index (χ4n) is 2.35. The van der Waals surface area contributed by atoms with Crippen molar-refractivity contribution in [2.45, 2.75) is 24.8 Å². The molecule has 27 heavy (non-hydrogen) atoms. The van der Waals surface area contributed by atoms with E-state index in [1.54, 1.807) is 42.1 Å². The fourth-order valence-corrected chi connectivity index (χ4v) is 3.14. The van der Waals surface area contributed by atoms with Gasteiger partial charge in [0.05, 0.1) is 19.8 Å². The average molecular weight is 389 g/mol. The van der Waals surface area contributed by atoms with Gasteiger partial charge in [0, 0.05) is 16.6 Å². The van der Waals surface area contributed by atoms with Crippen molar-refractivity contribution in [3.63, 3.8) is 0 Å². The highest BCUT2D eigenvalue weighted by Crippen LogP contribution is 2.30. The fraction of sp³-hybridized carbons (Fsp3) is 0.300. The molecule has 0 bridgehead atoms. The molecule has 0 aliphatic carbocycles. The van der Waals surface area contributed by atoms with Crippen LogP contribution < -0.4 is 14.8 Å². The number of ether oxygens (including phenoxy) is 3. The van der Waals surface area contributed by atoms with Crippen molar-refractivity contribution in [2.75, 3.05) is 25.3 Å². The molecule has 0 saturated heterocycles. The molecule has 2 aromatic rings. The van der Waals surface area contributed by atoms with Gasteiger partial charge in [0.2, 0.25) is 0 Å². The smallest absolute Gasteiger partial charge is 0.340 e. The maximum Gasteiger partial charge on any atom is 0.340 e. The van der Waals surface area contributed by atoms with Gasteiger partial charge in [0.1, 0.15) is 0 Å². The number of nitrogens with one attached hydrogen (secondary N) is 1. The van der Waals surface area contributed by atoms with Crippen LogP contribution >= 0.6 is 11.8 Å². The summed E-state index contributed by atoms with van der Waals surface area (Å²) in [7, 11) is 3.05. The van der Waals surface area contributed by atoms with Gasteiger partial charge < -0.3 is 19.5 Å². The number of methoxy groups -OCH3 is 2. The molecule has 0 aliphatic rings.